The maximum absolute atomic E-state index is 14.1. The number of phenolic OH excluding ortho intramolecular Hbond substituents is 1. The minimum absolute atomic E-state index is 0.108. The fourth-order valence-corrected chi connectivity index (χ4v) is 2.44. The van der Waals surface area contributed by atoms with Crippen molar-refractivity contribution in [2.75, 3.05) is 0 Å². The molecule has 5 N–H and O–H groups in total. The van der Waals surface area contributed by atoms with Crippen LogP contribution in [0.2, 0.25) is 0 Å². The molecule has 0 aliphatic carbocycles. The van der Waals surface area contributed by atoms with E-state index in [-0.39, 0.29) is 33.3 Å². The molecule has 0 fully saturated rings. The number of carbonyl (C=O) groups excluding carboxylic acids is 1. The number of hydrogen-bond acceptors (Lipinski definition) is 3. The minimum Gasteiger partial charge on any atom is -0.507 e. The highest BCUT2D eigenvalue weighted by Crippen LogP contribution is 2.34. The molecule has 1 heterocycles. The van der Waals surface area contributed by atoms with E-state index < -0.39 is 23.5 Å². The van der Waals surface area contributed by atoms with Crippen molar-refractivity contribution in [3.8, 4) is 17.0 Å². The summed E-state index contributed by atoms with van der Waals surface area (Å²) < 4.78 is 27.3. The Hall–Kier alpha value is -3.55. The Morgan fingerprint density at radius 3 is 2.52 bits per heavy atom. The van der Waals surface area contributed by atoms with Gasteiger partial charge < -0.3 is 16.6 Å². The lowest BCUT2D eigenvalue weighted by Crippen LogP contribution is -2.24. The predicted molar refractivity (Wildman–Crippen MR) is 88.9 cm³/mol. The SMILES string of the molecule is NC(N)=NC(=O)c1ccc2c(F)cnc(-c3ccc(F)cc3O)c2c1. The largest absolute Gasteiger partial charge is 0.507 e. The first-order chi connectivity index (χ1) is 11.9. The summed E-state index contributed by atoms with van der Waals surface area (Å²) in [6.07, 6.45) is 0.984. The molecule has 0 atom stereocenters. The zero-order valence-corrected chi connectivity index (χ0v) is 12.7. The summed E-state index contributed by atoms with van der Waals surface area (Å²) in [7, 11) is 0. The molecule has 25 heavy (non-hydrogen) atoms. The van der Waals surface area contributed by atoms with Crippen molar-refractivity contribution in [1.29, 1.82) is 0 Å². The lowest BCUT2D eigenvalue weighted by Gasteiger charge is -2.09. The molecule has 126 valence electrons. The van der Waals surface area contributed by atoms with Gasteiger partial charge in [-0.1, -0.05) is 6.07 Å². The van der Waals surface area contributed by atoms with Crippen LogP contribution in [-0.4, -0.2) is 22.0 Å². The first kappa shape index (κ1) is 16.3. The van der Waals surface area contributed by atoms with Crippen molar-refractivity contribution in [3.63, 3.8) is 0 Å². The summed E-state index contributed by atoms with van der Waals surface area (Å²) in [4.78, 5) is 19.4. The normalized spacial score (nSPS) is 10.6. The quantitative estimate of drug-likeness (QED) is 0.488. The molecular formula is C17H12F2N4O2. The Labute approximate surface area is 140 Å². The molecule has 8 heteroatoms. The number of benzene rings is 2. The number of aliphatic imine (C=N–C) groups is 1. The van der Waals surface area contributed by atoms with Gasteiger partial charge in [-0.15, -0.1) is 0 Å². The van der Waals surface area contributed by atoms with Crippen molar-refractivity contribution in [1.82, 2.24) is 4.98 Å². The second kappa shape index (κ2) is 6.16. The van der Waals surface area contributed by atoms with Crippen molar-refractivity contribution in [3.05, 3.63) is 59.8 Å². The van der Waals surface area contributed by atoms with Gasteiger partial charge in [0.05, 0.1) is 11.9 Å². The van der Waals surface area contributed by atoms with E-state index >= 15 is 0 Å². The number of halogens is 2. The van der Waals surface area contributed by atoms with Crippen molar-refractivity contribution >= 4 is 22.6 Å². The number of phenols is 1. The second-order valence-corrected chi connectivity index (χ2v) is 5.22. The third-order valence-electron chi connectivity index (χ3n) is 3.53. The van der Waals surface area contributed by atoms with Gasteiger partial charge in [0.1, 0.15) is 17.4 Å². The summed E-state index contributed by atoms with van der Waals surface area (Å²) in [5.74, 6) is -2.71. The van der Waals surface area contributed by atoms with E-state index in [2.05, 4.69) is 9.98 Å². The summed E-state index contributed by atoms with van der Waals surface area (Å²) >= 11 is 0. The highest BCUT2D eigenvalue weighted by Gasteiger charge is 2.15. The van der Waals surface area contributed by atoms with Gasteiger partial charge in [0.25, 0.3) is 5.91 Å². The van der Waals surface area contributed by atoms with E-state index in [9.17, 15) is 18.7 Å². The lowest BCUT2D eigenvalue weighted by atomic mass is 10.0. The number of guanidine groups is 1. The van der Waals surface area contributed by atoms with E-state index in [1.54, 1.807) is 0 Å². The van der Waals surface area contributed by atoms with Crippen LogP contribution in [0.5, 0.6) is 5.75 Å². The Morgan fingerprint density at radius 1 is 1.08 bits per heavy atom. The van der Waals surface area contributed by atoms with Crippen LogP contribution < -0.4 is 11.5 Å². The average Bonchev–Trinajstić information content (AvgIpc) is 2.55. The number of nitrogens with two attached hydrogens (primary N) is 2. The number of aromatic hydroxyl groups is 1. The van der Waals surface area contributed by atoms with E-state index in [1.807, 2.05) is 0 Å². The van der Waals surface area contributed by atoms with Crippen LogP contribution in [0.1, 0.15) is 10.4 Å². The first-order valence-electron chi connectivity index (χ1n) is 7.08. The zero-order chi connectivity index (χ0) is 18.1. The monoisotopic (exact) mass is 342 g/mol. The van der Waals surface area contributed by atoms with Gasteiger partial charge in [0.15, 0.2) is 5.96 Å². The van der Waals surface area contributed by atoms with E-state index in [0.29, 0.717) is 0 Å². The van der Waals surface area contributed by atoms with Crippen LogP contribution in [0.3, 0.4) is 0 Å². The molecule has 0 saturated heterocycles. The molecule has 3 rings (SSSR count). The molecule has 0 radical (unpaired) electrons. The number of hydrogen-bond donors (Lipinski definition) is 3. The fraction of sp³-hybridized carbons (Fsp3) is 0. The number of amides is 1. The Kier molecular flexibility index (Phi) is 4.02. The number of rotatable bonds is 2. The predicted octanol–water partition coefficient (Wildman–Crippen LogP) is 2.30. The van der Waals surface area contributed by atoms with Crippen molar-refractivity contribution in [2.45, 2.75) is 0 Å². The lowest BCUT2D eigenvalue weighted by molar-refractivity contribution is 0.100. The first-order valence-corrected chi connectivity index (χ1v) is 7.08. The van der Waals surface area contributed by atoms with Gasteiger partial charge in [-0.25, -0.2) is 8.78 Å². The number of pyridine rings is 1. The fourth-order valence-electron chi connectivity index (χ4n) is 2.44. The number of carbonyl (C=O) groups is 1. The van der Waals surface area contributed by atoms with E-state index in [4.69, 9.17) is 11.5 Å². The molecule has 3 aromatic rings. The molecule has 0 aliphatic rings. The molecule has 0 aliphatic heterocycles. The van der Waals surface area contributed by atoms with Crippen LogP contribution in [0.4, 0.5) is 8.78 Å². The molecule has 1 amide bonds. The molecule has 0 spiro atoms. The average molecular weight is 342 g/mol. The maximum atomic E-state index is 14.1. The number of aromatic nitrogens is 1. The van der Waals surface area contributed by atoms with Gasteiger partial charge in [0, 0.05) is 28.0 Å². The van der Waals surface area contributed by atoms with Gasteiger partial charge in [-0.3, -0.25) is 9.78 Å². The van der Waals surface area contributed by atoms with Gasteiger partial charge in [-0.2, -0.15) is 4.99 Å². The summed E-state index contributed by atoms with van der Waals surface area (Å²) in [6.45, 7) is 0. The molecule has 0 saturated carbocycles. The number of fused-ring (bicyclic) bond motifs is 1. The molecular weight excluding hydrogens is 330 g/mol. The zero-order valence-electron chi connectivity index (χ0n) is 12.7. The summed E-state index contributed by atoms with van der Waals surface area (Å²) in [6, 6.07) is 7.48. The third kappa shape index (κ3) is 3.09. The van der Waals surface area contributed by atoms with E-state index in [0.717, 1.165) is 18.3 Å². The van der Waals surface area contributed by atoms with Gasteiger partial charge >= 0.3 is 0 Å². The highest BCUT2D eigenvalue weighted by atomic mass is 19.1. The summed E-state index contributed by atoms with van der Waals surface area (Å²) in [5, 5.41) is 10.4. The Morgan fingerprint density at radius 2 is 1.84 bits per heavy atom. The number of nitrogens with zero attached hydrogens (tertiary/aromatic N) is 2. The molecule has 2 aromatic carbocycles. The Balaban J connectivity index is 2.27. The third-order valence-corrected chi connectivity index (χ3v) is 3.53. The standard InChI is InChI=1S/C17H12F2N4O2/c18-9-2-4-11(14(24)6-9)15-12-5-8(16(25)23-17(20)21)1-3-10(12)13(19)7-22-15/h1-7,24H,(H4,20,21,23,25). The van der Waals surface area contributed by atoms with Crippen LogP contribution in [0.25, 0.3) is 22.0 Å². The second-order valence-electron chi connectivity index (χ2n) is 5.22. The summed E-state index contributed by atoms with van der Waals surface area (Å²) in [5.41, 5.74) is 10.9. The van der Waals surface area contributed by atoms with Crippen LogP contribution in [0.15, 0.2) is 47.6 Å². The van der Waals surface area contributed by atoms with Crippen molar-refractivity contribution < 1.29 is 18.7 Å². The molecule has 1 aromatic heterocycles. The topological polar surface area (TPSA) is 115 Å². The smallest absolute Gasteiger partial charge is 0.280 e. The molecule has 0 unspecified atom stereocenters. The molecule has 0 bridgehead atoms. The molecule has 6 nitrogen and oxygen atoms in total. The highest BCUT2D eigenvalue weighted by molar-refractivity contribution is 6.06. The van der Waals surface area contributed by atoms with E-state index in [1.165, 1.54) is 24.3 Å². The maximum Gasteiger partial charge on any atom is 0.280 e. The van der Waals surface area contributed by atoms with Gasteiger partial charge in [-0.05, 0) is 24.3 Å². The van der Waals surface area contributed by atoms with Gasteiger partial charge in [0.2, 0.25) is 0 Å². The Bertz CT molecular complexity index is 1030. The van der Waals surface area contributed by atoms with Crippen molar-refractivity contribution in [2.24, 2.45) is 16.5 Å². The minimum atomic E-state index is -0.708. The van der Waals surface area contributed by atoms with Crippen LogP contribution in [-0.2, 0) is 0 Å². The van der Waals surface area contributed by atoms with Crippen LogP contribution >= 0.6 is 0 Å². The van der Waals surface area contributed by atoms with Crippen LogP contribution in [0, 0.1) is 11.6 Å².